The van der Waals surface area contributed by atoms with Crippen molar-refractivity contribution in [1.82, 2.24) is 9.78 Å². The zero-order valence-electron chi connectivity index (χ0n) is 9.25. The summed E-state index contributed by atoms with van der Waals surface area (Å²) in [4.78, 5) is 0. The van der Waals surface area contributed by atoms with Gasteiger partial charge in [-0.2, -0.15) is 5.10 Å². The number of fused-ring (bicyclic) bond motifs is 1. The number of hydrogen-bond acceptors (Lipinski definition) is 2. The molecule has 3 nitrogen and oxygen atoms in total. The first-order valence-corrected chi connectivity index (χ1v) is 5.55. The molecule has 0 fully saturated rings. The number of nitrogens with one attached hydrogen (secondary N) is 1. The molecule has 0 saturated carbocycles. The first-order valence-electron chi connectivity index (χ1n) is 5.55. The van der Waals surface area contributed by atoms with Gasteiger partial charge in [-0.15, -0.1) is 0 Å². The maximum absolute atomic E-state index is 4.61. The second-order valence-electron chi connectivity index (χ2n) is 4.35. The standard InChI is InChI=1S/C11H19N3/c1-4-5-10-7-11-12-8(2)6-9(3)14(11)13-10/h7-9,12H,4-6H2,1-3H3. The summed E-state index contributed by atoms with van der Waals surface area (Å²) < 4.78 is 2.13. The van der Waals surface area contributed by atoms with Crippen LogP contribution in [0, 0.1) is 0 Å². The van der Waals surface area contributed by atoms with Crippen molar-refractivity contribution in [3.05, 3.63) is 11.8 Å². The highest BCUT2D eigenvalue weighted by atomic mass is 15.4. The van der Waals surface area contributed by atoms with Crippen LogP contribution in [0.15, 0.2) is 6.07 Å². The fraction of sp³-hybridized carbons (Fsp3) is 0.727. The average molecular weight is 193 g/mol. The summed E-state index contributed by atoms with van der Waals surface area (Å²) in [7, 11) is 0. The van der Waals surface area contributed by atoms with Crippen molar-refractivity contribution in [1.29, 1.82) is 0 Å². The lowest BCUT2D eigenvalue weighted by Crippen LogP contribution is -2.28. The predicted molar refractivity (Wildman–Crippen MR) is 58.6 cm³/mol. The lowest BCUT2D eigenvalue weighted by Gasteiger charge is -2.27. The Balaban J connectivity index is 2.26. The average Bonchev–Trinajstić information content (AvgIpc) is 2.48. The zero-order valence-corrected chi connectivity index (χ0v) is 9.25. The fourth-order valence-electron chi connectivity index (χ4n) is 2.19. The molecule has 2 unspecified atom stereocenters. The van der Waals surface area contributed by atoms with Crippen molar-refractivity contribution in [3.8, 4) is 0 Å². The van der Waals surface area contributed by atoms with Gasteiger partial charge in [0.05, 0.1) is 11.7 Å². The summed E-state index contributed by atoms with van der Waals surface area (Å²) in [5.74, 6) is 1.19. The van der Waals surface area contributed by atoms with Gasteiger partial charge < -0.3 is 5.32 Å². The molecule has 78 valence electrons. The van der Waals surface area contributed by atoms with Crippen LogP contribution in [-0.2, 0) is 6.42 Å². The van der Waals surface area contributed by atoms with E-state index in [1.807, 2.05) is 0 Å². The summed E-state index contributed by atoms with van der Waals surface area (Å²) in [6.07, 6.45) is 3.42. The molecule has 2 rings (SSSR count). The SMILES string of the molecule is CCCc1cc2n(n1)C(C)CC(C)N2. The van der Waals surface area contributed by atoms with E-state index in [2.05, 4.69) is 41.9 Å². The third kappa shape index (κ3) is 1.63. The van der Waals surface area contributed by atoms with Gasteiger partial charge in [-0.1, -0.05) is 13.3 Å². The van der Waals surface area contributed by atoms with Crippen LogP contribution < -0.4 is 5.32 Å². The molecule has 1 aliphatic heterocycles. The van der Waals surface area contributed by atoms with Crippen LogP contribution in [0.5, 0.6) is 0 Å². The fourth-order valence-corrected chi connectivity index (χ4v) is 2.19. The molecule has 2 heterocycles. The maximum Gasteiger partial charge on any atom is 0.125 e. The van der Waals surface area contributed by atoms with Crippen molar-refractivity contribution in [3.63, 3.8) is 0 Å². The number of rotatable bonds is 2. The molecule has 0 aromatic carbocycles. The van der Waals surface area contributed by atoms with Gasteiger partial charge in [0.2, 0.25) is 0 Å². The summed E-state index contributed by atoms with van der Waals surface area (Å²) in [5.41, 5.74) is 1.22. The van der Waals surface area contributed by atoms with E-state index in [4.69, 9.17) is 0 Å². The van der Waals surface area contributed by atoms with Crippen LogP contribution >= 0.6 is 0 Å². The molecule has 3 heteroatoms. The molecule has 0 saturated heterocycles. The van der Waals surface area contributed by atoms with E-state index in [-0.39, 0.29) is 0 Å². The smallest absolute Gasteiger partial charge is 0.125 e. The predicted octanol–water partition coefficient (Wildman–Crippen LogP) is 2.60. The van der Waals surface area contributed by atoms with Crippen LogP contribution in [0.25, 0.3) is 0 Å². The van der Waals surface area contributed by atoms with E-state index in [1.165, 1.54) is 24.4 Å². The minimum atomic E-state index is 0.534. The third-order valence-corrected chi connectivity index (χ3v) is 2.80. The molecule has 0 amide bonds. The van der Waals surface area contributed by atoms with Gasteiger partial charge in [-0.25, -0.2) is 4.68 Å². The van der Waals surface area contributed by atoms with E-state index in [9.17, 15) is 0 Å². The Bertz CT molecular complexity index is 316. The lowest BCUT2D eigenvalue weighted by atomic mass is 10.1. The van der Waals surface area contributed by atoms with Crippen LogP contribution in [0.3, 0.4) is 0 Å². The number of anilines is 1. The Morgan fingerprint density at radius 2 is 2.36 bits per heavy atom. The van der Waals surface area contributed by atoms with Gasteiger partial charge in [0.15, 0.2) is 0 Å². The molecule has 1 N–H and O–H groups in total. The Labute approximate surface area is 85.5 Å². The topological polar surface area (TPSA) is 29.9 Å². The van der Waals surface area contributed by atoms with Gasteiger partial charge in [-0.3, -0.25) is 0 Å². The second kappa shape index (κ2) is 3.64. The molecule has 0 bridgehead atoms. The number of nitrogens with zero attached hydrogens (tertiary/aromatic N) is 2. The zero-order chi connectivity index (χ0) is 10.1. The highest BCUT2D eigenvalue weighted by Gasteiger charge is 2.21. The molecule has 0 spiro atoms. The van der Waals surface area contributed by atoms with E-state index < -0.39 is 0 Å². The van der Waals surface area contributed by atoms with E-state index in [0.29, 0.717) is 12.1 Å². The Kier molecular flexibility index (Phi) is 2.48. The van der Waals surface area contributed by atoms with Crippen molar-refractivity contribution < 1.29 is 0 Å². The molecule has 14 heavy (non-hydrogen) atoms. The summed E-state index contributed by atoms with van der Waals surface area (Å²) in [6, 6.07) is 3.30. The Morgan fingerprint density at radius 3 is 3.07 bits per heavy atom. The molecule has 0 radical (unpaired) electrons. The lowest BCUT2D eigenvalue weighted by molar-refractivity contribution is 0.411. The van der Waals surface area contributed by atoms with Gasteiger partial charge in [-0.05, 0) is 26.7 Å². The van der Waals surface area contributed by atoms with Crippen LogP contribution in [0.1, 0.15) is 45.3 Å². The largest absolute Gasteiger partial charge is 0.368 e. The van der Waals surface area contributed by atoms with Gasteiger partial charge >= 0.3 is 0 Å². The Hall–Kier alpha value is -0.990. The quantitative estimate of drug-likeness (QED) is 0.782. The number of aryl methyl sites for hydroxylation is 1. The van der Waals surface area contributed by atoms with Crippen molar-refractivity contribution in [2.24, 2.45) is 0 Å². The maximum atomic E-state index is 4.61. The first kappa shape index (κ1) is 9.56. The minimum Gasteiger partial charge on any atom is -0.368 e. The Morgan fingerprint density at radius 1 is 1.57 bits per heavy atom. The van der Waals surface area contributed by atoms with E-state index in [1.54, 1.807) is 0 Å². The highest BCUT2D eigenvalue weighted by molar-refractivity contribution is 5.40. The van der Waals surface area contributed by atoms with Crippen molar-refractivity contribution in [2.75, 3.05) is 5.32 Å². The van der Waals surface area contributed by atoms with Gasteiger partial charge in [0.25, 0.3) is 0 Å². The monoisotopic (exact) mass is 193 g/mol. The molecular formula is C11H19N3. The summed E-state index contributed by atoms with van der Waals surface area (Å²) in [5, 5.41) is 8.08. The summed E-state index contributed by atoms with van der Waals surface area (Å²) >= 11 is 0. The summed E-state index contributed by atoms with van der Waals surface area (Å²) in [6.45, 7) is 6.66. The van der Waals surface area contributed by atoms with E-state index >= 15 is 0 Å². The van der Waals surface area contributed by atoms with Crippen LogP contribution in [-0.4, -0.2) is 15.8 Å². The second-order valence-corrected chi connectivity index (χ2v) is 4.35. The highest BCUT2D eigenvalue weighted by Crippen LogP contribution is 2.27. The normalized spacial score (nSPS) is 25.6. The van der Waals surface area contributed by atoms with Crippen LogP contribution in [0.4, 0.5) is 5.82 Å². The molecular weight excluding hydrogens is 174 g/mol. The molecule has 1 aromatic rings. The van der Waals surface area contributed by atoms with Crippen molar-refractivity contribution >= 4 is 5.82 Å². The minimum absolute atomic E-state index is 0.534. The third-order valence-electron chi connectivity index (χ3n) is 2.80. The van der Waals surface area contributed by atoms with E-state index in [0.717, 1.165) is 6.42 Å². The molecule has 2 atom stereocenters. The number of hydrogen-bond donors (Lipinski definition) is 1. The molecule has 1 aliphatic rings. The van der Waals surface area contributed by atoms with Gasteiger partial charge in [0, 0.05) is 12.1 Å². The molecule has 0 aliphatic carbocycles. The number of aromatic nitrogens is 2. The van der Waals surface area contributed by atoms with Gasteiger partial charge in [0.1, 0.15) is 5.82 Å². The molecule has 1 aromatic heterocycles. The first-order chi connectivity index (χ1) is 6.70. The van der Waals surface area contributed by atoms with Crippen molar-refractivity contribution in [2.45, 2.75) is 52.1 Å². The van der Waals surface area contributed by atoms with Crippen LogP contribution in [0.2, 0.25) is 0 Å².